The Morgan fingerprint density at radius 2 is 0.970 bits per heavy atom. The molecule has 0 aromatic carbocycles. The van der Waals surface area contributed by atoms with Crippen molar-refractivity contribution in [2.24, 2.45) is 0 Å². The van der Waals surface area contributed by atoms with Gasteiger partial charge in [0.2, 0.25) is 5.91 Å². The second-order valence-electron chi connectivity index (χ2n) is 19.7. The van der Waals surface area contributed by atoms with Crippen molar-refractivity contribution in [2.45, 2.75) is 258 Å². The van der Waals surface area contributed by atoms with Crippen LogP contribution in [-0.2, 0) is 27.9 Å². The molecular weight excluding hydrogens is 844 g/mol. The fourth-order valence-electron chi connectivity index (χ4n) is 7.78. The van der Waals surface area contributed by atoms with Crippen LogP contribution < -0.4 is 5.32 Å². The molecule has 0 saturated carbocycles. The zero-order chi connectivity index (χ0) is 48.7. The van der Waals surface area contributed by atoms with Crippen molar-refractivity contribution in [3.05, 3.63) is 48.6 Å². The first-order valence-electron chi connectivity index (χ1n) is 27.5. The second kappa shape index (κ2) is 46.7. The molecule has 0 radical (unpaired) electrons. The highest BCUT2D eigenvalue weighted by molar-refractivity contribution is 7.47. The molecule has 0 aromatic heterocycles. The number of allylic oxidation sites excluding steroid dienone is 7. The minimum Gasteiger partial charge on any atom is -0.456 e. The van der Waals surface area contributed by atoms with Gasteiger partial charge in [-0.2, -0.15) is 0 Å². The lowest BCUT2D eigenvalue weighted by Crippen LogP contribution is -2.47. The molecule has 0 aromatic rings. The van der Waals surface area contributed by atoms with E-state index in [9.17, 15) is 19.0 Å². The predicted octanol–water partition coefficient (Wildman–Crippen LogP) is 16.2. The van der Waals surface area contributed by atoms with Gasteiger partial charge in [0.15, 0.2) is 0 Å². The number of carbonyl (C=O) groups is 2. The molecule has 3 unspecified atom stereocenters. The van der Waals surface area contributed by atoms with Crippen LogP contribution >= 0.6 is 7.82 Å². The van der Waals surface area contributed by atoms with E-state index < -0.39 is 20.0 Å². The summed E-state index contributed by atoms with van der Waals surface area (Å²) in [5.41, 5.74) is 0. The molecule has 0 aliphatic rings. The van der Waals surface area contributed by atoms with Crippen LogP contribution in [0.15, 0.2) is 48.6 Å². The predicted molar refractivity (Wildman–Crippen MR) is 282 cm³/mol. The van der Waals surface area contributed by atoms with E-state index in [0.29, 0.717) is 23.9 Å². The number of nitrogens with zero attached hydrogens (tertiary/aromatic N) is 1. The lowest BCUT2D eigenvalue weighted by atomic mass is 10.0. The number of hydrogen-bond acceptors (Lipinski definition) is 6. The molecule has 10 heteroatoms. The molecule has 3 atom stereocenters. The highest BCUT2D eigenvalue weighted by Crippen LogP contribution is 2.43. The van der Waals surface area contributed by atoms with E-state index >= 15 is 0 Å². The Bertz CT molecular complexity index is 1280. The highest BCUT2D eigenvalue weighted by Gasteiger charge is 2.30. The maximum atomic E-state index is 13.5. The normalized spacial score (nSPS) is 14.2. The first-order chi connectivity index (χ1) is 31.9. The number of phosphoric ester groups is 1. The van der Waals surface area contributed by atoms with Crippen LogP contribution in [0, 0.1) is 0 Å². The van der Waals surface area contributed by atoms with Gasteiger partial charge in [0, 0.05) is 12.8 Å². The first-order valence-corrected chi connectivity index (χ1v) is 29.0. The summed E-state index contributed by atoms with van der Waals surface area (Å²) in [6.07, 6.45) is 55.3. The molecule has 0 spiro atoms. The van der Waals surface area contributed by atoms with Crippen LogP contribution in [0.5, 0.6) is 0 Å². The van der Waals surface area contributed by atoms with Gasteiger partial charge < -0.3 is 19.4 Å². The molecule has 0 saturated heterocycles. The van der Waals surface area contributed by atoms with Gasteiger partial charge in [-0.3, -0.25) is 18.6 Å². The molecule has 386 valence electrons. The Balaban J connectivity index is 5.37. The summed E-state index contributed by atoms with van der Waals surface area (Å²) in [6, 6.07) is -0.851. The van der Waals surface area contributed by atoms with Gasteiger partial charge in [0.1, 0.15) is 19.3 Å². The average molecular weight is 950 g/mol. The smallest absolute Gasteiger partial charge is 0.456 e. The maximum absolute atomic E-state index is 13.5. The molecule has 1 amide bonds. The largest absolute Gasteiger partial charge is 0.472 e. The van der Waals surface area contributed by atoms with Crippen molar-refractivity contribution in [1.29, 1.82) is 0 Å². The number of esters is 1. The van der Waals surface area contributed by atoms with E-state index in [4.69, 9.17) is 13.8 Å². The lowest BCUT2D eigenvalue weighted by molar-refractivity contribution is -0.870. The van der Waals surface area contributed by atoms with Gasteiger partial charge in [-0.25, -0.2) is 4.57 Å². The topological polar surface area (TPSA) is 111 Å². The lowest BCUT2D eigenvalue weighted by Gasteiger charge is -2.27. The van der Waals surface area contributed by atoms with Crippen LogP contribution in [0.4, 0.5) is 0 Å². The summed E-state index contributed by atoms with van der Waals surface area (Å²) in [6.45, 7) is 6.88. The number of amides is 1. The number of quaternary nitrogens is 1. The van der Waals surface area contributed by atoms with Crippen molar-refractivity contribution < 1.29 is 37.3 Å². The van der Waals surface area contributed by atoms with Crippen LogP contribution in [0.2, 0.25) is 0 Å². The van der Waals surface area contributed by atoms with Gasteiger partial charge in [-0.05, 0) is 63.9 Å². The SMILES string of the molecule is CC/C=C/C/C=C/C/C=C/CCCCCCCCC(=O)NC(COP(=O)(O)OCC[N+](C)(C)C)C(/C=C/CCCCCCCCCCC)OC(=O)CCCCCCCCCCCCCCC. The summed E-state index contributed by atoms with van der Waals surface area (Å²) in [7, 11) is 1.49. The maximum Gasteiger partial charge on any atom is 0.472 e. The standard InChI is InChI=1S/C56H105N2O7P/c1-7-10-13-16-19-22-25-27-28-29-31-33-36-39-42-45-48-55(59)57-53(52-64-66(61,62)63-51-50-58(4,5)6)54(47-44-41-38-35-32-24-21-18-15-12-9-3)65-56(60)49-46-43-40-37-34-30-26-23-20-17-14-11-8-2/h10,13,19,22,27-28,44,47,53-54H,7-9,11-12,14-18,20-21,23-26,29-43,45-46,48-52H2,1-6H3,(H-,57,59,61,62)/p+1/b13-10+,22-19+,28-27+,47-44+. The summed E-state index contributed by atoms with van der Waals surface area (Å²) < 4.78 is 30.5. The van der Waals surface area contributed by atoms with Crippen molar-refractivity contribution >= 4 is 19.7 Å². The molecule has 0 aliphatic heterocycles. The third-order valence-corrected chi connectivity index (χ3v) is 13.0. The van der Waals surface area contributed by atoms with E-state index in [0.717, 1.165) is 89.9 Å². The van der Waals surface area contributed by atoms with E-state index in [-0.39, 0.29) is 25.1 Å². The molecule has 2 N–H and O–H groups in total. The van der Waals surface area contributed by atoms with E-state index in [1.54, 1.807) is 0 Å². The monoisotopic (exact) mass is 950 g/mol. The number of phosphoric acid groups is 1. The van der Waals surface area contributed by atoms with Gasteiger partial charge in [-0.15, -0.1) is 0 Å². The Morgan fingerprint density at radius 1 is 0.545 bits per heavy atom. The van der Waals surface area contributed by atoms with E-state index in [2.05, 4.69) is 62.5 Å². The van der Waals surface area contributed by atoms with Gasteiger partial charge in [-0.1, -0.05) is 217 Å². The molecule has 0 heterocycles. The third kappa shape index (κ3) is 47.1. The Hall–Kier alpha value is -2.03. The number of unbranched alkanes of at least 4 members (excludes halogenated alkanes) is 27. The average Bonchev–Trinajstić information content (AvgIpc) is 3.27. The van der Waals surface area contributed by atoms with Gasteiger partial charge in [0.05, 0.1) is 33.8 Å². The van der Waals surface area contributed by atoms with Crippen LogP contribution in [0.25, 0.3) is 0 Å². The van der Waals surface area contributed by atoms with Crippen LogP contribution in [0.1, 0.15) is 245 Å². The summed E-state index contributed by atoms with van der Waals surface area (Å²) in [5.74, 6) is -0.517. The molecular formula is C56H106N2O7P+. The molecule has 0 rings (SSSR count). The minimum absolute atomic E-state index is 0.0379. The van der Waals surface area contributed by atoms with Gasteiger partial charge in [0.25, 0.3) is 0 Å². The number of rotatable bonds is 49. The number of ether oxygens (including phenoxy) is 1. The van der Waals surface area contributed by atoms with Crippen molar-refractivity contribution in [2.75, 3.05) is 40.9 Å². The fourth-order valence-corrected chi connectivity index (χ4v) is 8.51. The van der Waals surface area contributed by atoms with E-state index in [1.807, 2.05) is 33.3 Å². The molecule has 0 aliphatic carbocycles. The Kier molecular flexibility index (Phi) is 45.3. The van der Waals surface area contributed by atoms with Crippen molar-refractivity contribution in [1.82, 2.24) is 5.32 Å². The van der Waals surface area contributed by atoms with Crippen LogP contribution in [0.3, 0.4) is 0 Å². The fraction of sp³-hybridized carbons (Fsp3) is 0.821. The number of carbonyl (C=O) groups excluding carboxylic acids is 2. The zero-order valence-electron chi connectivity index (χ0n) is 43.9. The minimum atomic E-state index is -4.44. The Morgan fingerprint density at radius 3 is 1.45 bits per heavy atom. The summed E-state index contributed by atoms with van der Waals surface area (Å²) in [4.78, 5) is 37.5. The summed E-state index contributed by atoms with van der Waals surface area (Å²) in [5, 5.41) is 3.04. The first kappa shape index (κ1) is 64.0. The third-order valence-electron chi connectivity index (χ3n) is 12.0. The Labute approximate surface area is 408 Å². The number of likely N-dealkylation sites (N-methyl/N-ethyl adjacent to an activating group) is 1. The van der Waals surface area contributed by atoms with Crippen molar-refractivity contribution in [3.63, 3.8) is 0 Å². The molecule has 0 fully saturated rings. The molecule has 0 bridgehead atoms. The zero-order valence-corrected chi connectivity index (χ0v) is 44.8. The number of hydrogen-bond donors (Lipinski definition) is 2. The molecule has 66 heavy (non-hydrogen) atoms. The van der Waals surface area contributed by atoms with Gasteiger partial charge >= 0.3 is 13.8 Å². The van der Waals surface area contributed by atoms with Crippen LogP contribution in [-0.4, -0.2) is 74.3 Å². The highest BCUT2D eigenvalue weighted by atomic mass is 31.2. The second-order valence-corrected chi connectivity index (χ2v) is 21.2. The summed E-state index contributed by atoms with van der Waals surface area (Å²) >= 11 is 0. The van der Waals surface area contributed by atoms with Crippen molar-refractivity contribution in [3.8, 4) is 0 Å². The molecule has 9 nitrogen and oxygen atoms in total. The van der Waals surface area contributed by atoms with E-state index in [1.165, 1.54) is 122 Å². The number of nitrogens with one attached hydrogen (secondary N) is 1. The quantitative estimate of drug-likeness (QED) is 0.0205.